The molecule has 0 unspecified atom stereocenters. The number of rotatable bonds is 5. The molecule has 2 heteroatoms. The van der Waals surface area contributed by atoms with Gasteiger partial charge in [-0.05, 0) is 27.3 Å². The van der Waals surface area contributed by atoms with Gasteiger partial charge in [0.25, 0.3) is 0 Å². The van der Waals surface area contributed by atoms with Crippen LogP contribution in [0.1, 0.15) is 27.7 Å². The fraction of sp³-hybridized carbons (Fsp3) is 1.00. The van der Waals surface area contributed by atoms with Gasteiger partial charge in [-0.3, -0.25) is 0 Å². The standard InChI is InChI=1S/C8H19NO/c1-5-9-8(3,4)7-10-6-2/h9H,5-7H2,1-4H3. The van der Waals surface area contributed by atoms with E-state index in [1.807, 2.05) is 6.92 Å². The molecule has 0 aromatic rings. The van der Waals surface area contributed by atoms with Gasteiger partial charge in [0.2, 0.25) is 0 Å². The van der Waals surface area contributed by atoms with Crippen molar-refractivity contribution in [2.45, 2.75) is 33.2 Å². The summed E-state index contributed by atoms with van der Waals surface area (Å²) in [6, 6.07) is 0. The molecular weight excluding hydrogens is 126 g/mol. The summed E-state index contributed by atoms with van der Waals surface area (Å²) >= 11 is 0. The van der Waals surface area contributed by atoms with Crippen LogP contribution in [0.25, 0.3) is 0 Å². The first-order valence-electron chi connectivity index (χ1n) is 3.95. The quantitative estimate of drug-likeness (QED) is 0.631. The van der Waals surface area contributed by atoms with Gasteiger partial charge < -0.3 is 10.1 Å². The molecule has 0 saturated heterocycles. The van der Waals surface area contributed by atoms with E-state index in [9.17, 15) is 0 Å². The third-order valence-corrected chi connectivity index (χ3v) is 1.32. The Kier molecular flexibility index (Phi) is 4.65. The molecule has 0 heterocycles. The molecule has 1 N–H and O–H groups in total. The summed E-state index contributed by atoms with van der Waals surface area (Å²) in [4.78, 5) is 0. The molecule has 0 rings (SSSR count). The van der Waals surface area contributed by atoms with Crippen LogP contribution in [0, 0.1) is 0 Å². The second kappa shape index (κ2) is 4.69. The van der Waals surface area contributed by atoms with E-state index in [0.29, 0.717) is 0 Å². The lowest BCUT2D eigenvalue weighted by Gasteiger charge is -2.24. The molecule has 0 aromatic heterocycles. The Hall–Kier alpha value is -0.0800. The van der Waals surface area contributed by atoms with Gasteiger partial charge in [-0.15, -0.1) is 0 Å². The second-order valence-electron chi connectivity index (χ2n) is 3.05. The molecule has 10 heavy (non-hydrogen) atoms. The predicted molar refractivity (Wildman–Crippen MR) is 44.2 cm³/mol. The first-order chi connectivity index (χ1) is 4.62. The zero-order valence-electron chi connectivity index (χ0n) is 7.53. The molecule has 0 spiro atoms. The molecule has 0 amide bonds. The summed E-state index contributed by atoms with van der Waals surface area (Å²) in [5.41, 5.74) is 0.130. The van der Waals surface area contributed by atoms with Crippen molar-refractivity contribution in [1.29, 1.82) is 0 Å². The third-order valence-electron chi connectivity index (χ3n) is 1.32. The number of ether oxygens (including phenoxy) is 1. The summed E-state index contributed by atoms with van der Waals surface area (Å²) < 4.78 is 5.29. The number of hydrogen-bond donors (Lipinski definition) is 1. The Labute approximate surface area is 64.0 Å². The Bertz CT molecular complexity index is 81.3. The van der Waals surface area contributed by atoms with Crippen LogP contribution in [0.2, 0.25) is 0 Å². The van der Waals surface area contributed by atoms with Crippen molar-refractivity contribution in [3.63, 3.8) is 0 Å². The summed E-state index contributed by atoms with van der Waals surface area (Å²) in [7, 11) is 0. The Morgan fingerprint density at radius 3 is 2.30 bits per heavy atom. The fourth-order valence-corrected chi connectivity index (χ4v) is 0.887. The second-order valence-corrected chi connectivity index (χ2v) is 3.05. The first-order valence-corrected chi connectivity index (χ1v) is 3.95. The van der Waals surface area contributed by atoms with Crippen LogP contribution in [0.5, 0.6) is 0 Å². The summed E-state index contributed by atoms with van der Waals surface area (Å²) in [5.74, 6) is 0. The highest BCUT2D eigenvalue weighted by atomic mass is 16.5. The summed E-state index contributed by atoms with van der Waals surface area (Å²) in [5, 5.41) is 3.33. The lowest BCUT2D eigenvalue weighted by atomic mass is 10.1. The smallest absolute Gasteiger partial charge is 0.0642 e. The van der Waals surface area contributed by atoms with Gasteiger partial charge in [0.05, 0.1) is 6.61 Å². The molecule has 62 valence electrons. The van der Waals surface area contributed by atoms with Gasteiger partial charge in [0.1, 0.15) is 0 Å². The SMILES string of the molecule is CCNC(C)(C)COCC. The average Bonchev–Trinajstić information content (AvgIpc) is 1.84. The first kappa shape index (κ1) is 9.92. The van der Waals surface area contributed by atoms with E-state index in [1.54, 1.807) is 0 Å². The van der Waals surface area contributed by atoms with Crippen LogP contribution in [0.15, 0.2) is 0 Å². The van der Waals surface area contributed by atoms with Crippen molar-refractivity contribution >= 4 is 0 Å². The van der Waals surface area contributed by atoms with Crippen LogP contribution in [-0.2, 0) is 4.74 Å². The normalized spacial score (nSPS) is 12.0. The van der Waals surface area contributed by atoms with E-state index < -0.39 is 0 Å². The molecule has 0 aliphatic heterocycles. The van der Waals surface area contributed by atoms with E-state index >= 15 is 0 Å². The van der Waals surface area contributed by atoms with Crippen LogP contribution in [-0.4, -0.2) is 25.3 Å². The topological polar surface area (TPSA) is 21.3 Å². The lowest BCUT2D eigenvalue weighted by Crippen LogP contribution is -2.43. The Morgan fingerprint density at radius 2 is 1.90 bits per heavy atom. The molecule has 0 aromatic carbocycles. The predicted octanol–water partition coefficient (Wildman–Crippen LogP) is 1.41. The molecule has 0 radical (unpaired) electrons. The minimum absolute atomic E-state index is 0.130. The molecule has 0 saturated carbocycles. The molecule has 2 nitrogen and oxygen atoms in total. The monoisotopic (exact) mass is 145 g/mol. The van der Waals surface area contributed by atoms with Gasteiger partial charge in [-0.1, -0.05) is 6.92 Å². The minimum Gasteiger partial charge on any atom is -0.380 e. The van der Waals surface area contributed by atoms with Crippen molar-refractivity contribution in [1.82, 2.24) is 5.32 Å². The lowest BCUT2D eigenvalue weighted by molar-refractivity contribution is 0.0929. The van der Waals surface area contributed by atoms with E-state index in [4.69, 9.17) is 4.74 Å². The van der Waals surface area contributed by atoms with Gasteiger partial charge >= 0.3 is 0 Å². The summed E-state index contributed by atoms with van der Waals surface area (Å²) in [6.07, 6.45) is 0. The highest BCUT2D eigenvalue weighted by Gasteiger charge is 2.14. The van der Waals surface area contributed by atoms with Crippen molar-refractivity contribution in [3.8, 4) is 0 Å². The molecule has 0 fully saturated rings. The van der Waals surface area contributed by atoms with Crippen LogP contribution in [0.4, 0.5) is 0 Å². The number of hydrogen-bond acceptors (Lipinski definition) is 2. The van der Waals surface area contributed by atoms with E-state index in [-0.39, 0.29) is 5.54 Å². The van der Waals surface area contributed by atoms with Gasteiger partial charge in [-0.2, -0.15) is 0 Å². The summed E-state index contributed by atoms with van der Waals surface area (Å²) in [6.45, 7) is 11.0. The van der Waals surface area contributed by atoms with Crippen molar-refractivity contribution in [2.24, 2.45) is 0 Å². The maximum absolute atomic E-state index is 5.29. The molecule has 0 atom stereocenters. The highest BCUT2D eigenvalue weighted by Crippen LogP contribution is 2.01. The molecule has 0 aliphatic rings. The largest absolute Gasteiger partial charge is 0.380 e. The van der Waals surface area contributed by atoms with Gasteiger partial charge in [-0.25, -0.2) is 0 Å². The Morgan fingerprint density at radius 1 is 1.30 bits per heavy atom. The molecule has 0 bridgehead atoms. The Balaban J connectivity index is 3.42. The van der Waals surface area contributed by atoms with E-state index in [2.05, 4.69) is 26.1 Å². The minimum atomic E-state index is 0.130. The zero-order chi connectivity index (χ0) is 8.04. The molecular formula is C8H19NO. The van der Waals surface area contributed by atoms with Crippen LogP contribution >= 0.6 is 0 Å². The van der Waals surface area contributed by atoms with Crippen LogP contribution < -0.4 is 5.32 Å². The van der Waals surface area contributed by atoms with Crippen molar-refractivity contribution in [2.75, 3.05) is 19.8 Å². The van der Waals surface area contributed by atoms with Crippen molar-refractivity contribution < 1.29 is 4.74 Å². The van der Waals surface area contributed by atoms with Crippen molar-refractivity contribution in [3.05, 3.63) is 0 Å². The maximum atomic E-state index is 5.29. The third kappa shape index (κ3) is 4.77. The number of nitrogens with one attached hydrogen (secondary N) is 1. The van der Waals surface area contributed by atoms with Gasteiger partial charge in [0.15, 0.2) is 0 Å². The fourth-order valence-electron chi connectivity index (χ4n) is 0.887. The molecule has 0 aliphatic carbocycles. The van der Waals surface area contributed by atoms with E-state index in [1.165, 1.54) is 0 Å². The maximum Gasteiger partial charge on any atom is 0.0642 e. The van der Waals surface area contributed by atoms with E-state index in [0.717, 1.165) is 19.8 Å². The van der Waals surface area contributed by atoms with Gasteiger partial charge in [0, 0.05) is 12.1 Å². The average molecular weight is 145 g/mol. The van der Waals surface area contributed by atoms with Crippen LogP contribution in [0.3, 0.4) is 0 Å². The number of likely N-dealkylation sites (N-methyl/N-ethyl adjacent to an activating group) is 1. The zero-order valence-corrected chi connectivity index (χ0v) is 7.53. The highest BCUT2D eigenvalue weighted by molar-refractivity contribution is 4.75.